The first-order chi connectivity index (χ1) is 6.86. The molecule has 0 amide bonds. The Hall–Kier alpha value is -0.340. The van der Waals surface area contributed by atoms with E-state index in [2.05, 4.69) is 17.5 Å². The molecule has 0 radical (unpaired) electrons. The molecule has 2 N–H and O–H groups in total. The van der Waals surface area contributed by atoms with Gasteiger partial charge in [0.05, 0.1) is 0 Å². The molecule has 76 valence electrons. The maximum absolute atomic E-state index is 6.27. The zero-order valence-electron chi connectivity index (χ0n) is 8.36. The second-order valence-corrected chi connectivity index (χ2v) is 5.82. The van der Waals surface area contributed by atoms with E-state index < -0.39 is 0 Å². The van der Waals surface area contributed by atoms with Crippen LogP contribution in [0.3, 0.4) is 0 Å². The second kappa shape index (κ2) is 3.35. The number of rotatable bonds is 3. The Bertz CT molecular complexity index is 296. The van der Waals surface area contributed by atoms with E-state index in [9.17, 15) is 0 Å². The fraction of sp³-hybridized carbons (Fsp3) is 0.667. The first kappa shape index (κ1) is 8.93. The van der Waals surface area contributed by atoms with E-state index in [1.54, 1.807) is 0 Å². The van der Waals surface area contributed by atoms with Crippen LogP contribution in [0.2, 0.25) is 0 Å². The molecule has 1 aromatic heterocycles. The fourth-order valence-corrected chi connectivity index (χ4v) is 4.09. The van der Waals surface area contributed by atoms with Crippen molar-refractivity contribution in [2.45, 2.75) is 31.7 Å². The molecule has 0 spiro atoms. The van der Waals surface area contributed by atoms with Crippen molar-refractivity contribution in [2.75, 3.05) is 0 Å². The molecule has 3 atom stereocenters. The molecule has 2 aliphatic carbocycles. The van der Waals surface area contributed by atoms with E-state index in [1.165, 1.54) is 24.1 Å². The van der Waals surface area contributed by atoms with Crippen LogP contribution in [-0.4, -0.2) is 6.04 Å². The lowest BCUT2D eigenvalue weighted by atomic mass is 10.0. The largest absolute Gasteiger partial charge is 0.327 e. The topological polar surface area (TPSA) is 26.0 Å². The van der Waals surface area contributed by atoms with Gasteiger partial charge in [-0.2, -0.15) is 0 Å². The van der Waals surface area contributed by atoms with Gasteiger partial charge in [0.15, 0.2) is 0 Å². The van der Waals surface area contributed by atoms with E-state index >= 15 is 0 Å². The van der Waals surface area contributed by atoms with Gasteiger partial charge >= 0.3 is 0 Å². The molecule has 14 heavy (non-hydrogen) atoms. The molecule has 0 saturated heterocycles. The first-order valence-corrected chi connectivity index (χ1v) is 6.52. The van der Waals surface area contributed by atoms with Crippen molar-refractivity contribution < 1.29 is 0 Å². The standard InChI is InChI=1S/C12H17NS/c13-11(7-8-3-2-6-14-8)12-9-4-1-5-10(9)12/h2-3,6,9-12H,1,4-5,7,13H2. The van der Waals surface area contributed by atoms with E-state index in [0.717, 1.165) is 24.2 Å². The lowest BCUT2D eigenvalue weighted by molar-refractivity contribution is 0.486. The van der Waals surface area contributed by atoms with Gasteiger partial charge in [0, 0.05) is 10.9 Å². The average molecular weight is 207 g/mol. The first-order valence-electron chi connectivity index (χ1n) is 5.64. The summed E-state index contributed by atoms with van der Waals surface area (Å²) < 4.78 is 0. The van der Waals surface area contributed by atoms with Crippen LogP contribution in [-0.2, 0) is 6.42 Å². The number of thiophene rings is 1. The summed E-state index contributed by atoms with van der Waals surface area (Å²) in [5.74, 6) is 2.88. The van der Waals surface area contributed by atoms with Crippen LogP contribution in [0.25, 0.3) is 0 Å². The highest BCUT2D eigenvalue weighted by Gasteiger charge is 2.54. The molecule has 2 fully saturated rings. The minimum atomic E-state index is 0.434. The maximum atomic E-state index is 6.27. The van der Waals surface area contributed by atoms with Gasteiger partial charge in [-0.05, 0) is 48.5 Å². The summed E-state index contributed by atoms with van der Waals surface area (Å²) in [4.78, 5) is 1.46. The zero-order chi connectivity index (χ0) is 9.54. The number of fused-ring (bicyclic) bond motifs is 1. The smallest absolute Gasteiger partial charge is 0.0121 e. The molecule has 1 aromatic rings. The summed E-state index contributed by atoms with van der Waals surface area (Å²) in [5, 5.41) is 2.15. The van der Waals surface area contributed by atoms with Crippen molar-refractivity contribution in [3.8, 4) is 0 Å². The van der Waals surface area contributed by atoms with Crippen molar-refractivity contribution in [2.24, 2.45) is 23.5 Å². The molecule has 2 saturated carbocycles. The van der Waals surface area contributed by atoms with Crippen LogP contribution in [0.15, 0.2) is 17.5 Å². The van der Waals surface area contributed by atoms with Crippen LogP contribution in [0.5, 0.6) is 0 Å². The Morgan fingerprint density at radius 3 is 2.86 bits per heavy atom. The Morgan fingerprint density at radius 1 is 1.43 bits per heavy atom. The quantitative estimate of drug-likeness (QED) is 0.810. The summed E-state index contributed by atoms with van der Waals surface area (Å²) in [6, 6.07) is 4.77. The number of hydrogen-bond acceptors (Lipinski definition) is 2. The molecule has 1 nitrogen and oxygen atoms in total. The Labute approximate surface area is 89.3 Å². The Morgan fingerprint density at radius 2 is 2.21 bits per heavy atom. The molecular formula is C12H17NS. The van der Waals surface area contributed by atoms with Gasteiger partial charge in [-0.1, -0.05) is 12.5 Å². The highest BCUT2D eigenvalue weighted by molar-refractivity contribution is 7.09. The van der Waals surface area contributed by atoms with Gasteiger partial charge in [0.2, 0.25) is 0 Å². The molecule has 1 heterocycles. The summed E-state index contributed by atoms with van der Waals surface area (Å²) in [7, 11) is 0. The summed E-state index contributed by atoms with van der Waals surface area (Å²) in [6.07, 6.45) is 5.47. The SMILES string of the molecule is NC(Cc1cccs1)C1C2CCCC21. The van der Waals surface area contributed by atoms with Crippen LogP contribution in [0.4, 0.5) is 0 Å². The van der Waals surface area contributed by atoms with Crippen molar-refractivity contribution in [3.63, 3.8) is 0 Å². The van der Waals surface area contributed by atoms with E-state index in [4.69, 9.17) is 5.73 Å². The maximum Gasteiger partial charge on any atom is 0.0121 e. The molecule has 2 aliphatic rings. The molecule has 0 bridgehead atoms. The molecule has 0 aliphatic heterocycles. The minimum absolute atomic E-state index is 0.434. The van der Waals surface area contributed by atoms with Gasteiger partial charge in [-0.3, -0.25) is 0 Å². The summed E-state index contributed by atoms with van der Waals surface area (Å²) in [6.45, 7) is 0. The molecule has 3 rings (SSSR count). The predicted octanol–water partition coefficient (Wildman–Crippen LogP) is 2.66. The van der Waals surface area contributed by atoms with Gasteiger partial charge in [-0.15, -0.1) is 11.3 Å². The van der Waals surface area contributed by atoms with Crippen molar-refractivity contribution in [1.29, 1.82) is 0 Å². The third-order valence-electron chi connectivity index (χ3n) is 3.98. The lowest BCUT2D eigenvalue weighted by Crippen LogP contribution is -2.27. The Kier molecular flexibility index (Phi) is 2.14. The molecule has 2 heteroatoms. The van der Waals surface area contributed by atoms with Crippen LogP contribution < -0.4 is 5.73 Å². The van der Waals surface area contributed by atoms with Gasteiger partial charge < -0.3 is 5.73 Å². The van der Waals surface area contributed by atoms with Crippen molar-refractivity contribution in [1.82, 2.24) is 0 Å². The summed E-state index contributed by atoms with van der Waals surface area (Å²) >= 11 is 1.84. The van der Waals surface area contributed by atoms with E-state index in [1.807, 2.05) is 11.3 Å². The molecule has 0 aromatic carbocycles. The van der Waals surface area contributed by atoms with Crippen molar-refractivity contribution >= 4 is 11.3 Å². The monoisotopic (exact) mass is 207 g/mol. The summed E-state index contributed by atoms with van der Waals surface area (Å²) in [5.41, 5.74) is 6.27. The highest BCUT2D eigenvalue weighted by Crippen LogP contribution is 2.58. The van der Waals surface area contributed by atoms with Crippen molar-refractivity contribution in [3.05, 3.63) is 22.4 Å². The Balaban J connectivity index is 1.59. The van der Waals surface area contributed by atoms with Gasteiger partial charge in [-0.25, -0.2) is 0 Å². The number of nitrogens with two attached hydrogens (primary N) is 1. The minimum Gasteiger partial charge on any atom is -0.327 e. The van der Waals surface area contributed by atoms with Crippen LogP contribution in [0.1, 0.15) is 24.1 Å². The number of hydrogen-bond donors (Lipinski definition) is 1. The molecule has 3 unspecified atom stereocenters. The third-order valence-corrected chi connectivity index (χ3v) is 4.88. The van der Waals surface area contributed by atoms with E-state index in [-0.39, 0.29) is 0 Å². The zero-order valence-corrected chi connectivity index (χ0v) is 9.17. The normalized spacial score (nSPS) is 36.8. The highest BCUT2D eigenvalue weighted by atomic mass is 32.1. The average Bonchev–Trinajstić information content (AvgIpc) is 2.63. The second-order valence-electron chi connectivity index (χ2n) is 4.78. The van der Waals surface area contributed by atoms with Crippen LogP contribution >= 0.6 is 11.3 Å². The predicted molar refractivity (Wildman–Crippen MR) is 60.3 cm³/mol. The lowest BCUT2D eigenvalue weighted by Gasteiger charge is -2.12. The molecular weight excluding hydrogens is 190 g/mol. The fourth-order valence-electron chi connectivity index (χ4n) is 3.31. The van der Waals surface area contributed by atoms with Gasteiger partial charge in [0.25, 0.3) is 0 Å². The van der Waals surface area contributed by atoms with E-state index in [0.29, 0.717) is 6.04 Å². The van der Waals surface area contributed by atoms with Gasteiger partial charge in [0.1, 0.15) is 0 Å². The third kappa shape index (κ3) is 1.41. The van der Waals surface area contributed by atoms with Crippen LogP contribution in [0, 0.1) is 17.8 Å².